The summed E-state index contributed by atoms with van der Waals surface area (Å²) in [5.74, 6) is 0.336. The molecular formula is C10H19NO2. The van der Waals surface area contributed by atoms with Gasteiger partial charge in [-0.05, 0) is 13.0 Å². The first kappa shape index (κ1) is 10.7. The van der Waals surface area contributed by atoms with Gasteiger partial charge in [-0.3, -0.25) is 9.69 Å². The lowest BCUT2D eigenvalue weighted by Crippen LogP contribution is -2.38. The third-order valence-electron chi connectivity index (χ3n) is 2.69. The molecule has 0 aromatic rings. The van der Waals surface area contributed by atoms with Gasteiger partial charge in [-0.2, -0.15) is 0 Å². The van der Waals surface area contributed by atoms with Crippen molar-refractivity contribution < 1.29 is 9.90 Å². The lowest BCUT2D eigenvalue weighted by atomic mass is 9.99. The van der Waals surface area contributed by atoms with Crippen LogP contribution in [0, 0.1) is 5.92 Å². The summed E-state index contributed by atoms with van der Waals surface area (Å²) in [5.41, 5.74) is 0. The molecule has 0 aromatic carbocycles. The Hall–Kier alpha value is -0.410. The van der Waals surface area contributed by atoms with Crippen molar-refractivity contribution in [1.82, 2.24) is 4.90 Å². The molecule has 1 saturated heterocycles. The first-order valence-corrected chi connectivity index (χ1v) is 5.02. The largest absolute Gasteiger partial charge is 0.392 e. The maximum Gasteiger partial charge on any atom is 0.152 e. The third-order valence-corrected chi connectivity index (χ3v) is 2.69. The quantitative estimate of drug-likeness (QED) is 0.702. The summed E-state index contributed by atoms with van der Waals surface area (Å²) in [7, 11) is 0. The first-order chi connectivity index (χ1) is 6.06. The minimum atomic E-state index is -0.312. The van der Waals surface area contributed by atoms with Crippen molar-refractivity contribution in [3.05, 3.63) is 0 Å². The van der Waals surface area contributed by atoms with E-state index < -0.39 is 0 Å². The Labute approximate surface area is 79.7 Å². The van der Waals surface area contributed by atoms with E-state index in [0.717, 1.165) is 6.54 Å². The molecule has 3 heteroatoms. The Morgan fingerprint density at radius 2 is 2.23 bits per heavy atom. The van der Waals surface area contributed by atoms with E-state index in [1.54, 1.807) is 0 Å². The molecule has 0 unspecified atom stereocenters. The highest BCUT2D eigenvalue weighted by atomic mass is 16.3. The number of ketones is 1. The summed E-state index contributed by atoms with van der Waals surface area (Å²) in [6, 6.07) is -0.0417. The Morgan fingerprint density at radius 3 is 2.69 bits per heavy atom. The molecule has 76 valence electrons. The first-order valence-electron chi connectivity index (χ1n) is 5.02. The second kappa shape index (κ2) is 4.20. The highest BCUT2D eigenvalue weighted by Crippen LogP contribution is 2.20. The maximum absolute atomic E-state index is 11.7. The SMILES string of the molecule is CCN1C[C@H](O)C[C@H]1C(=O)C(C)C. The number of likely N-dealkylation sites (N-methyl/N-ethyl adjacent to an activating group) is 1. The van der Waals surface area contributed by atoms with Gasteiger partial charge in [0.05, 0.1) is 12.1 Å². The Balaban J connectivity index is 2.62. The fourth-order valence-electron chi connectivity index (χ4n) is 1.91. The van der Waals surface area contributed by atoms with Crippen LogP contribution in [0.15, 0.2) is 0 Å². The van der Waals surface area contributed by atoms with E-state index in [2.05, 4.69) is 4.90 Å². The van der Waals surface area contributed by atoms with E-state index in [1.165, 1.54) is 0 Å². The number of rotatable bonds is 3. The number of aliphatic hydroxyl groups excluding tert-OH is 1. The van der Waals surface area contributed by atoms with Gasteiger partial charge in [-0.25, -0.2) is 0 Å². The normalized spacial score (nSPS) is 29.9. The van der Waals surface area contributed by atoms with E-state index in [4.69, 9.17) is 0 Å². The number of likely N-dealkylation sites (tertiary alicyclic amines) is 1. The zero-order chi connectivity index (χ0) is 10.0. The highest BCUT2D eigenvalue weighted by Gasteiger charge is 2.35. The molecule has 0 aromatic heterocycles. The number of β-amino-alcohol motifs (C(OH)–C–C–N with tert-alkyl or cyclic N) is 1. The highest BCUT2D eigenvalue weighted by molar-refractivity contribution is 5.86. The van der Waals surface area contributed by atoms with Gasteiger partial charge in [0, 0.05) is 12.5 Å². The van der Waals surface area contributed by atoms with Crippen LogP contribution in [-0.2, 0) is 4.79 Å². The monoisotopic (exact) mass is 185 g/mol. The van der Waals surface area contributed by atoms with Crippen molar-refractivity contribution in [1.29, 1.82) is 0 Å². The van der Waals surface area contributed by atoms with Crippen LogP contribution in [0.25, 0.3) is 0 Å². The number of aliphatic hydroxyl groups is 1. The molecule has 1 rings (SSSR count). The Bertz CT molecular complexity index is 191. The number of carbonyl (C=O) groups is 1. The molecular weight excluding hydrogens is 166 g/mol. The van der Waals surface area contributed by atoms with Gasteiger partial charge < -0.3 is 5.11 Å². The molecule has 2 atom stereocenters. The molecule has 0 aliphatic carbocycles. The van der Waals surface area contributed by atoms with E-state index in [9.17, 15) is 9.90 Å². The van der Waals surface area contributed by atoms with Crippen LogP contribution < -0.4 is 0 Å². The smallest absolute Gasteiger partial charge is 0.152 e. The van der Waals surface area contributed by atoms with Crippen LogP contribution in [0.4, 0.5) is 0 Å². The van der Waals surface area contributed by atoms with Gasteiger partial charge in [0.2, 0.25) is 0 Å². The van der Waals surface area contributed by atoms with Crippen molar-refractivity contribution in [2.24, 2.45) is 5.92 Å². The Kier molecular flexibility index (Phi) is 3.45. The van der Waals surface area contributed by atoms with E-state index >= 15 is 0 Å². The molecule has 1 N–H and O–H groups in total. The zero-order valence-electron chi connectivity index (χ0n) is 8.66. The van der Waals surface area contributed by atoms with Crippen LogP contribution in [0.2, 0.25) is 0 Å². The maximum atomic E-state index is 11.7. The van der Waals surface area contributed by atoms with Crippen LogP contribution in [0.1, 0.15) is 27.2 Å². The average Bonchev–Trinajstić information content (AvgIpc) is 2.45. The lowest BCUT2D eigenvalue weighted by molar-refractivity contribution is -0.126. The van der Waals surface area contributed by atoms with E-state index in [0.29, 0.717) is 13.0 Å². The van der Waals surface area contributed by atoms with Gasteiger partial charge >= 0.3 is 0 Å². The molecule has 3 nitrogen and oxygen atoms in total. The topological polar surface area (TPSA) is 40.5 Å². The van der Waals surface area contributed by atoms with Crippen molar-refractivity contribution in [3.63, 3.8) is 0 Å². The number of hydrogen-bond acceptors (Lipinski definition) is 3. The van der Waals surface area contributed by atoms with Gasteiger partial charge in [0.1, 0.15) is 0 Å². The van der Waals surface area contributed by atoms with Gasteiger partial charge in [0.25, 0.3) is 0 Å². The summed E-state index contributed by atoms with van der Waals surface area (Å²) in [6.45, 7) is 7.36. The van der Waals surface area contributed by atoms with Gasteiger partial charge in [-0.15, -0.1) is 0 Å². The summed E-state index contributed by atoms with van der Waals surface area (Å²) >= 11 is 0. The third kappa shape index (κ3) is 2.29. The molecule has 1 heterocycles. The molecule has 1 aliphatic rings. The molecule has 13 heavy (non-hydrogen) atoms. The standard InChI is InChI=1S/C10H19NO2/c1-4-11-6-8(12)5-9(11)10(13)7(2)3/h7-9,12H,4-6H2,1-3H3/t8-,9+/m1/s1. The molecule has 0 amide bonds. The zero-order valence-corrected chi connectivity index (χ0v) is 8.66. The van der Waals surface area contributed by atoms with Crippen molar-refractivity contribution >= 4 is 5.78 Å². The fourth-order valence-corrected chi connectivity index (χ4v) is 1.91. The summed E-state index contributed by atoms with van der Waals surface area (Å²) in [5, 5.41) is 9.44. The number of Topliss-reactive ketones (excluding diaryl/α,β-unsaturated/α-hetero) is 1. The van der Waals surface area contributed by atoms with E-state index in [-0.39, 0.29) is 23.8 Å². The fraction of sp³-hybridized carbons (Fsp3) is 0.900. The molecule has 1 aliphatic heterocycles. The van der Waals surface area contributed by atoms with Gasteiger partial charge in [0.15, 0.2) is 5.78 Å². The summed E-state index contributed by atoms with van der Waals surface area (Å²) < 4.78 is 0. The average molecular weight is 185 g/mol. The second-order valence-electron chi connectivity index (χ2n) is 4.05. The minimum Gasteiger partial charge on any atom is -0.392 e. The molecule has 0 saturated carbocycles. The molecule has 1 fully saturated rings. The number of carbonyl (C=O) groups excluding carboxylic acids is 1. The predicted octanol–water partition coefficient (Wildman–Crippen LogP) is 0.667. The van der Waals surface area contributed by atoms with Crippen LogP contribution in [0.5, 0.6) is 0 Å². The molecule has 0 radical (unpaired) electrons. The Morgan fingerprint density at radius 1 is 1.62 bits per heavy atom. The predicted molar refractivity (Wildman–Crippen MR) is 51.5 cm³/mol. The number of nitrogens with zero attached hydrogens (tertiary/aromatic N) is 1. The van der Waals surface area contributed by atoms with Crippen molar-refractivity contribution in [2.45, 2.75) is 39.3 Å². The summed E-state index contributed by atoms with van der Waals surface area (Å²) in [4.78, 5) is 13.8. The lowest BCUT2D eigenvalue weighted by Gasteiger charge is -2.22. The van der Waals surface area contributed by atoms with E-state index in [1.807, 2.05) is 20.8 Å². The summed E-state index contributed by atoms with van der Waals surface area (Å²) in [6.07, 6.45) is 0.304. The minimum absolute atomic E-state index is 0.0417. The van der Waals surface area contributed by atoms with Crippen molar-refractivity contribution in [2.75, 3.05) is 13.1 Å². The second-order valence-corrected chi connectivity index (χ2v) is 4.05. The van der Waals surface area contributed by atoms with Crippen LogP contribution in [-0.4, -0.2) is 41.0 Å². The van der Waals surface area contributed by atoms with Crippen LogP contribution >= 0.6 is 0 Å². The molecule has 0 spiro atoms. The van der Waals surface area contributed by atoms with Crippen molar-refractivity contribution in [3.8, 4) is 0 Å². The van der Waals surface area contributed by atoms with Crippen LogP contribution in [0.3, 0.4) is 0 Å². The number of hydrogen-bond donors (Lipinski definition) is 1. The van der Waals surface area contributed by atoms with Gasteiger partial charge in [-0.1, -0.05) is 20.8 Å². The molecule has 0 bridgehead atoms.